The van der Waals surface area contributed by atoms with Crippen molar-refractivity contribution >= 4 is 76.9 Å². The van der Waals surface area contributed by atoms with E-state index in [1.165, 1.54) is 42.5 Å². The van der Waals surface area contributed by atoms with Gasteiger partial charge in [-0.15, -0.1) is 0 Å². The van der Waals surface area contributed by atoms with E-state index >= 15 is 0 Å². The number of primary amides is 3. The van der Waals surface area contributed by atoms with Crippen LogP contribution in [0.15, 0.2) is 54.6 Å². The van der Waals surface area contributed by atoms with E-state index in [2.05, 4.69) is 10.6 Å². The van der Waals surface area contributed by atoms with Crippen molar-refractivity contribution in [2.24, 2.45) is 22.9 Å². The predicted octanol–water partition coefficient (Wildman–Crippen LogP) is 6.62. The number of nitrogens with two attached hydrogens (primary N) is 4. The number of aliphatic hydroxyl groups excluding tert-OH is 1. The van der Waals surface area contributed by atoms with Gasteiger partial charge in [0.15, 0.2) is 0 Å². The molecular weight excluding hydrogens is 1030 g/mol. The molecule has 0 aliphatic carbocycles. The second kappa shape index (κ2) is 24.9. The van der Waals surface area contributed by atoms with Gasteiger partial charge < -0.3 is 57.6 Å². The van der Waals surface area contributed by atoms with Gasteiger partial charge in [-0.1, -0.05) is 53.0 Å². The van der Waals surface area contributed by atoms with Crippen molar-refractivity contribution in [1.82, 2.24) is 20.4 Å². The van der Waals surface area contributed by atoms with Crippen LogP contribution in [0.25, 0.3) is 0 Å². The fourth-order valence-corrected chi connectivity index (χ4v) is 6.72. The number of nitrogens with one attached hydrogen (secondary N) is 2. The van der Waals surface area contributed by atoms with Crippen LogP contribution in [0, 0.1) is 0 Å². The molecule has 0 unspecified atom stereocenters. The summed E-state index contributed by atoms with van der Waals surface area (Å²) in [6, 6.07) is 10.8. The molecule has 0 radical (unpaired) electrons. The Morgan fingerprint density at radius 1 is 0.597 bits per heavy atom. The van der Waals surface area contributed by atoms with Gasteiger partial charge in [-0.25, -0.2) is 36.7 Å². The maximum atomic E-state index is 12.9. The molecule has 11 N–H and O–H groups in total. The number of carbonyl (C=O) groups is 7. The zero-order valence-electron chi connectivity index (χ0n) is 39.7. The number of alkyl carbamates (subject to hydrolysis) is 2. The molecule has 27 heteroatoms. The number of rotatable bonds is 13. The molecule has 0 bridgehead atoms. The Balaban J connectivity index is 0.000000290. The number of aliphatic hydroxyl groups is 1. The van der Waals surface area contributed by atoms with E-state index in [1.807, 2.05) is 0 Å². The molecule has 3 atom stereocenters. The van der Waals surface area contributed by atoms with E-state index in [9.17, 15) is 56.2 Å². The number of likely N-dealkylation sites (tertiary alicyclic amines) is 2. The largest absolute Gasteiger partial charge is 0.447 e. The molecule has 20 nitrogen and oxygen atoms in total. The molecule has 396 valence electrons. The van der Waals surface area contributed by atoms with Crippen LogP contribution in [0.3, 0.4) is 0 Å². The summed E-state index contributed by atoms with van der Waals surface area (Å²) in [4.78, 5) is 83.0. The summed E-state index contributed by atoms with van der Waals surface area (Å²) in [7, 11) is 0. The van der Waals surface area contributed by atoms with Crippen molar-refractivity contribution in [2.45, 2.75) is 82.7 Å². The highest BCUT2D eigenvalue weighted by atomic mass is 35.5. The van der Waals surface area contributed by atoms with Crippen molar-refractivity contribution in [1.29, 1.82) is 0 Å². The third-order valence-electron chi connectivity index (χ3n) is 9.53. The van der Waals surface area contributed by atoms with Crippen molar-refractivity contribution in [3.63, 3.8) is 0 Å². The SMILES string of the molecule is CC(C)(C)OC(=O)N[C@H](CO)c1ccc(Cl)c(C(N)=O)c1.CC(C)(C)OC(=O)N[C@H](COC(=O)N1CC(F)(F)C1)c1ccc(Cl)c(C(N)=O)c1.NC(=O)c1cc([C@H](N)COC(=O)N2CC(F)(F)C2)ccc1Cl. The van der Waals surface area contributed by atoms with Crippen LogP contribution in [-0.4, -0.2) is 126 Å². The van der Waals surface area contributed by atoms with Gasteiger partial charge >= 0.3 is 24.4 Å². The lowest BCUT2D eigenvalue weighted by atomic mass is 10.0. The molecule has 0 aromatic heterocycles. The minimum atomic E-state index is -2.93. The molecule has 2 heterocycles. The van der Waals surface area contributed by atoms with Crippen molar-refractivity contribution in [2.75, 3.05) is 46.0 Å². The summed E-state index contributed by atoms with van der Waals surface area (Å²) < 4.78 is 71.3. The molecule has 3 aromatic carbocycles. The molecule has 2 aliphatic heterocycles. The van der Waals surface area contributed by atoms with E-state index in [-0.39, 0.29) is 51.6 Å². The summed E-state index contributed by atoms with van der Waals surface area (Å²) in [5.41, 5.74) is 21.6. The maximum absolute atomic E-state index is 12.9. The summed E-state index contributed by atoms with van der Waals surface area (Å²) in [6.45, 7) is 6.43. The number of halogens is 7. The Morgan fingerprint density at radius 2 is 0.917 bits per heavy atom. The van der Waals surface area contributed by atoms with E-state index in [0.717, 1.165) is 9.80 Å². The van der Waals surface area contributed by atoms with Gasteiger partial charge in [0, 0.05) is 0 Å². The van der Waals surface area contributed by atoms with E-state index in [0.29, 0.717) is 16.7 Å². The molecule has 72 heavy (non-hydrogen) atoms. The van der Waals surface area contributed by atoms with Crippen LogP contribution in [0.1, 0.15) is 107 Å². The molecule has 0 saturated carbocycles. The van der Waals surface area contributed by atoms with Crippen LogP contribution in [0.5, 0.6) is 0 Å². The molecule has 2 aliphatic rings. The first kappa shape index (κ1) is 60.0. The summed E-state index contributed by atoms with van der Waals surface area (Å²) >= 11 is 17.6. The van der Waals surface area contributed by atoms with Crippen LogP contribution in [0.4, 0.5) is 36.7 Å². The Morgan fingerprint density at radius 3 is 1.25 bits per heavy atom. The smallest absolute Gasteiger partial charge is 0.410 e. The van der Waals surface area contributed by atoms with E-state index in [1.54, 1.807) is 53.7 Å². The van der Waals surface area contributed by atoms with Crippen LogP contribution >= 0.6 is 34.8 Å². The number of hydrogen-bond donors (Lipinski definition) is 7. The van der Waals surface area contributed by atoms with Gasteiger partial charge in [-0.05, 0) is 94.6 Å². The summed E-state index contributed by atoms with van der Waals surface area (Å²) in [6.07, 6.45) is -3.27. The zero-order valence-corrected chi connectivity index (χ0v) is 41.9. The lowest BCUT2D eigenvalue weighted by molar-refractivity contribution is -0.120. The first-order valence-corrected chi connectivity index (χ1v) is 22.5. The minimum absolute atomic E-state index is 0.00821. The molecule has 2 fully saturated rings. The first-order chi connectivity index (χ1) is 33.1. The van der Waals surface area contributed by atoms with Crippen LogP contribution in [0.2, 0.25) is 15.1 Å². The molecule has 0 spiro atoms. The fourth-order valence-electron chi connectivity index (χ4n) is 6.09. The minimum Gasteiger partial charge on any atom is -0.447 e. The highest BCUT2D eigenvalue weighted by Crippen LogP contribution is 2.30. The zero-order chi connectivity index (χ0) is 54.7. The monoisotopic (exact) mass is 1080 g/mol. The second-order valence-corrected chi connectivity index (χ2v) is 19.3. The molecule has 2 saturated heterocycles. The second-order valence-electron chi connectivity index (χ2n) is 18.1. The van der Waals surface area contributed by atoms with E-state index in [4.69, 9.17) is 76.7 Å². The average molecular weight is 1080 g/mol. The number of hydrogen-bond acceptors (Lipinski definition) is 13. The Hall–Kier alpha value is -6.34. The lowest BCUT2D eigenvalue weighted by Crippen LogP contribution is -2.58. The number of alkyl halides is 4. The number of carbonyl (C=O) groups excluding carboxylic acids is 7. The van der Waals surface area contributed by atoms with Gasteiger partial charge in [-0.3, -0.25) is 24.2 Å². The number of benzene rings is 3. The third kappa shape index (κ3) is 19.0. The van der Waals surface area contributed by atoms with Crippen LogP contribution in [-0.2, 0) is 18.9 Å². The van der Waals surface area contributed by atoms with E-state index < -0.39 is 109 Å². The molecular formula is C45H55Cl3F4N8O12. The Bertz CT molecular complexity index is 2480. The summed E-state index contributed by atoms with van der Waals surface area (Å²) in [5.74, 6) is -7.96. The van der Waals surface area contributed by atoms with Crippen molar-refractivity contribution in [3.8, 4) is 0 Å². The predicted molar refractivity (Wildman–Crippen MR) is 254 cm³/mol. The molecule has 3 aromatic rings. The van der Waals surface area contributed by atoms with Gasteiger partial charge in [0.25, 0.3) is 11.8 Å². The first-order valence-electron chi connectivity index (χ1n) is 21.3. The number of nitrogens with zero attached hydrogens (tertiary/aromatic N) is 2. The fraction of sp³-hybridized carbons (Fsp3) is 0.444. The Labute approximate surface area is 425 Å². The quantitative estimate of drug-likeness (QED) is 0.0701. The topological polar surface area (TPSA) is 311 Å². The van der Waals surface area contributed by atoms with Gasteiger partial charge in [0.2, 0.25) is 17.7 Å². The van der Waals surface area contributed by atoms with Crippen LogP contribution < -0.4 is 33.6 Å². The molecule has 5 rings (SSSR count). The standard InChI is InChI=1S/C18H22ClF2N3O5.C14H19ClN2O4.C13H14ClF2N3O3/c1-17(2,3)29-15(26)23-13(7-28-16(27)24-8-18(20,21)9-24)10-4-5-12(19)11(6-10)14(22)25;1-14(2,3)21-13(20)17-11(7-18)8-4-5-10(15)9(6-8)12(16)19;14-9-2-1-7(3-8(9)11(18)20)10(17)4-22-12(21)19-5-13(15,16)6-19/h4-6,13H,7-9H2,1-3H3,(H2,22,25)(H,23,26);4-6,11,18H,7H2,1-3H3,(H2,16,19)(H,17,20);1-3,10H,4-6,17H2,(H2,18,20)/t13-;11-;10-/m111/s1. The number of amides is 7. The van der Waals surface area contributed by atoms with Gasteiger partial charge in [-0.2, -0.15) is 0 Å². The normalized spacial score (nSPS) is 15.7. The average Bonchev–Trinajstić information content (AvgIpc) is 3.23. The van der Waals surface area contributed by atoms with Gasteiger partial charge in [0.05, 0.1) is 82.7 Å². The highest BCUT2D eigenvalue weighted by Gasteiger charge is 2.48. The lowest BCUT2D eigenvalue weighted by Gasteiger charge is -2.37. The highest BCUT2D eigenvalue weighted by molar-refractivity contribution is 6.34. The summed E-state index contributed by atoms with van der Waals surface area (Å²) in [5, 5.41) is 14.9. The number of ether oxygens (including phenoxy) is 4. The molecule has 7 amide bonds. The third-order valence-corrected chi connectivity index (χ3v) is 10.5. The Kier molecular flexibility index (Phi) is 20.7. The van der Waals surface area contributed by atoms with Gasteiger partial charge in [0.1, 0.15) is 24.4 Å². The van der Waals surface area contributed by atoms with Crippen molar-refractivity contribution in [3.05, 3.63) is 103 Å². The van der Waals surface area contributed by atoms with Crippen molar-refractivity contribution < 1.29 is 75.2 Å². The maximum Gasteiger partial charge on any atom is 0.410 e.